The van der Waals surface area contributed by atoms with Gasteiger partial charge in [0.1, 0.15) is 6.10 Å². The first-order valence-electron chi connectivity index (χ1n) is 16.9. The number of nitrogens with one attached hydrogen (secondary N) is 1. The molecule has 2 unspecified atom stereocenters. The molecule has 4 nitrogen and oxygen atoms in total. The highest BCUT2D eigenvalue weighted by molar-refractivity contribution is 6.08. The minimum absolute atomic E-state index is 0.0263. The van der Waals surface area contributed by atoms with Gasteiger partial charge in [0.05, 0.1) is 0 Å². The highest BCUT2D eigenvalue weighted by atomic mass is 16.5. The standard InChI is InChI=1S/C34H67NO3/c1-6-9-12-15-17-18-19-20-22-24-27-30-32(36)34(4,35-5)33(37)38-31(28-25-14-11-8-3)29-26-23-21-16-13-10-7-2/h31,35H,6-30H2,1-5H3. The summed E-state index contributed by atoms with van der Waals surface area (Å²) in [7, 11) is 1.71. The van der Waals surface area contributed by atoms with Crippen LogP contribution in [-0.4, -0.2) is 30.4 Å². The van der Waals surface area contributed by atoms with Gasteiger partial charge >= 0.3 is 5.97 Å². The second kappa shape index (κ2) is 26.3. The van der Waals surface area contributed by atoms with Crippen LogP contribution in [0.5, 0.6) is 0 Å². The van der Waals surface area contributed by atoms with E-state index >= 15 is 0 Å². The van der Waals surface area contributed by atoms with E-state index in [2.05, 4.69) is 26.1 Å². The first-order chi connectivity index (χ1) is 18.5. The number of ether oxygens (including phenoxy) is 1. The molecule has 0 spiro atoms. The quantitative estimate of drug-likeness (QED) is 0.0585. The Bertz CT molecular complexity index is 550. The van der Waals surface area contributed by atoms with Gasteiger partial charge in [-0.2, -0.15) is 0 Å². The summed E-state index contributed by atoms with van der Waals surface area (Å²) in [6.07, 6.45) is 29.5. The fourth-order valence-corrected chi connectivity index (χ4v) is 5.21. The molecule has 4 heteroatoms. The van der Waals surface area contributed by atoms with Crippen LogP contribution in [0.25, 0.3) is 0 Å². The van der Waals surface area contributed by atoms with Crippen LogP contribution in [0, 0.1) is 0 Å². The zero-order valence-corrected chi connectivity index (χ0v) is 26.5. The predicted molar refractivity (Wildman–Crippen MR) is 165 cm³/mol. The van der Waals surface area contributed by atoms with Crippen LogP contribution in [0.15, 0.2) is 0 Å². The lowest BCUT2D eigenvalue weighted by Gasteiger charge is -2.28. The van der Waals surface area contributed by atoms with Crippen LogP contribution < -0.4 is 5.32 Å². The van der Waals surface area contributed by atoms with Crippen LogP contribution in [0.2, 0.25) is 0 Å². The number of unbranched alkanes of at least 4 members (excludes halogenated alkanes) is 19. The van der Waals surface area contributed by atoms with Gasteiger partial charge in [-0.05, 0) is 46.1 Å². The molecule has 0 heterocycles. The summed E-state index contributed by atoms with van der Waals surface area (Å²) in [6, 6.07) is 0. The van der Waals surface area contributed by atoms with Crippen LogP contribution >= 0.6 is 0 Å². The van der Waals surface area contributed by atoms with Crippen LogP contribution in [0.1, 0.15) is 188 Å². The topological polar surface area (TPSA) is 55.4 Å². The van der Waals surface area contributed by atoms with Gasteiger partial charge in [-0.15, -0.1) is 0 Å². The Morgan fingerprint density at radius 3 is 1.32 bits per heavy atom. The Hall–Kier alpha value is -0.900. The van der Waals surface area contributed by atoms with Gasteiger partial charge in [-0.3, -0.25) is 10.1 Å². The summed E-state index contributed by atoms with van der Waals surface area (Å²) in [5.74, 6) is -0.405. The molecule has 0 aliphatic rings. The van der Waals surface area contributed by atoms with Gasteiger partial charge in [0.25, 0.3) is 0 Å². The van der Waals surface area contributed by atoms with Gasteiger partial charge in [0.15, 0.2) is 11.3 Å². The number of carbonyl (C=O) groups is 2. The lowest BCUT2D eigenvalue weighted by molar-refractivity contribution is -0.160. The van der Waals surface area contributed by atoms with Crippen LogP contribution in [-0.2, 0) is 14.3 Å². The third kappa shape index (κ3) is 19.2. The molecule has 0 aromatic rings. The molecule has 0 aromatic heterocycles. The summed E-state index contributed by atoms with van der Waals surface area (Å²) in [5.41, 5.74) is -1.24. The van der Waals surface area contributed by atoms with E-state index in [1.54, 1.807) is 14.0 Å². The van der Waals surface area contributed by atoms with E-state index in [0.29, 0.717) is 6.42 Å². The number of esters is 1. The zero-order valence-electron chi connectivity index (χ0n) is 26.5. The Morgan fingerprint density at radius 2 is 0.921 bits per heavy atom. The molecular weight excluding hydrogens is 470 g/mol. The molecule has 0 saturated carbocycles. The van der Waals surface area contributed by atoms with Gasteiger partial charge in [-0.1, -0.05) is 143 Å². The summed E-state index contributed by atoms with van der Waals surface area (Å²) in [6.45, 7) is 8.45. The molecule has 0 radical (unpaired) electrons. The monoisotopic (exact) mass is 538 g/mol. The van der Waals surface area contributed by atoms with E-state index in [-0.39, 0.29) is 17.9 Å². The third-order valence-electron chi connectivity index (χ3n) is 8.26. The Morgan fingerprint density at radius 1 is 0.579 bits per heavy atom. The number of likely N-dealkylation sites (N-methyl/N-ethyl adjacent to an activating group) is 1. The van der Waals surface area contributed by atoms with Crippen molar-refractivity contribution in [3.05, 3.63) is 0 Å². The Balaban J connectivity index is 4.47. The molecule has 0 aromatic carbocycles. The van der Waals surface area contributed by atoms with E-state index in [1.165, 1.54) is 116 Å². The van der Waals surface area contributed by atoms with Crippen molar-refractivity contribution in [3.8, 4) is 0 Å². The highest BCUT2D eigenvalue weighted by Crippen LogP contribution is 2.21. The lowest BCUT2D eigenvalue weighted by atomic mass is 9.92. The van der Waals surface area contributed by atoms with Crippen molar-refractivity contribution in [1.82, 2.24) is 5.32 Å². The van der Waals surface area contributed by atoms with E-state index < -0.39 is 5.54 Å². The second-order valence-corrected chi connectivity index (χ2v) is 11.9. The fourth-order valence-electron chi connectivity index (χ4n) is 5.21. The normalized spacial score (nSPS) is 13.8. The fraction of sp³-hybridized carbons (Fsp3) is 0.941. The maximum atomic E-state index is 13.2. The van der Waals surface area contributed by atoms with E-state index in [0.717, 1.165) is 38.5 Å². The Kier molecular flexibility index (Phi) is 25.7. The van der Waals surface area contributed by atoms with Gasteiger partial charge in [-0.25, -0.2) is 4.79 Å². The van der Waals surface area contributed by atoms with Gasteiger partial charge in [0.2, 0.25) is 0 Å². The van der Waals surface area contributed by atoms with Gasteiger partial charge in [0, 0.05) is 6.42 Å². The van der Waals surface area contributed by atoms with Crippen LogP contribution in [0.4, 0.5) is 0 Å². The van der Waals surface area contributed by atoms with Crippen molar-refractivity contribution in [3.63, 3.8) is 0 Å². The van der Waals surface area contributed by atoms with Crippen molar-refractivity contribution in [2.45, 2.75) is 200 Å². The summed E-state index contributed by atoms with van der Waals surface area (Å²) >= 11 is 0. The van der Waals surface area contributed by atoms with Crippen molar-refractivity contribution in [1.29, 1.82) is 0 Å². The molecule has 0 aliphatic heterocycles. The molecule has 0 fully saturated rings. The minimum Gasteiger partial charge on any atom is -0.461 e. The number of Topliss-reactive ketones (excluding diaryl/α,β-unsaturated/α-hetero) is 1. The smallest absolute Gasteiger partial charge is 0.334 e. The van der Waals surface area contributed by atoms with E-state index in [1.807, 2.05) is 0 Å². The summed E-state index contributed by atoms with van der Waals surface area (Å²) in [4.78, 5) is 26.3. The second-order valence-electron chi connectivity index (χ2n) is 11.9. The molecule has 0 saturated heterocycles. The zero-order chi connectivity index (χ0) is 28.3. The van der Waals surface area contributed by atoms with Crippen molar-refractivity contribution < 1.29 is 14.3 Å². The largest absolute Gasteiger partial charge is 0.461 e. The predicted octanol–water partition coefficient (Wildman–Crippen LogP) is 10.3. The molecule has 0 rings (SSSR count). The average molecular weight is 538 g/mol. The molecule has 0 aliphatic carbocycles. The molecule has 0 bridgehead atoms. The van der Waals surface area contributed by atoms with Crippen molar-refractivity contribution in [2.75, 3.05) is 7.05 Å². The molecule has 226 valence electrons. The first kappa shape index (κ1) is 37.1. The van der Waals surface area contributed by atoms with Crippen molar-refractivity contribution >= 4 is 11.8 Å². The van der Waals surface area contributed by atoms with E-state index in [9.17, 15) is 9.59 Å². The Labute approximate surface area is 238 Å². The molecule has 0 amide bonds. The van der Waals surface area contributed by atoms with Gasteiger partial charge < -0.3 is 4.74 Å². The lowest BCUT2D eigenvalue weighted by Crippen LogP contribution is -2.55. The highest BCUT2D eigenvalue weighted by Gasteiger charge is 2.41. The van der Waals surface area contributed by atoms with E-state index in [4.69, 9.17) is 4.74 Å². The molecule has 2 atom stereocenters. The van der Waals surface area contributed by atoms with Crippen LogP contribution in [0.3, 0.4) is 0 Å². The SMILES string of the molecule is CCCCCCCCCCCCCC(=O)C(C)(NC)C(=O)OC(CCCCCC)CCCCCCCCC. The summed E-state index contributed by atoms with van der Waals surface area (Å²) in [5, 5.41) is 3.02. The summed E-state index contributed by atoms with van der Waals surface area (Å²) < 4.78 is 6.04. The molecule has 38 heavy (non-hydrogen) atoms. The molecular formula is C34H67NO3. The average Bonchev–Trinajstić information content (AvgIpc) is 2.92. The third-order valence-corrected chi connectivity index (χ3v) is 8.26. The maximum Gasteiger partial charge on any atom is 0.334 e. The number of ketones is 1. The number of carbonyl (C=O) groups excluding carboxylic acids is 2. The first-order valence-corrected chi connectivity index (χ1v) is 16.9. The minimum atomic E-state index is -1.24. The maximum absolute atomic E-state index is 13.2. The van der Waals surface area contributed by atoms with Crippen molar-refractivity contribution in [2.24, 2.45) is 0 Å². The number of rotatable bonds is 29. The number of hydrogen-bond acceptors (Lipinski definition) is 4. The molecule has 1 N–H and O–H groups in total. The number of hydrogen-bond donors (Lipinski definition) is 1.